The van der Waals surface area contributed by atoms with Gasteiger partial charge in [-0.05, 0) is 35.9 Å². The predicted octanol–water partition coefficient (Wildman–Crippen LogP) is 2.43. The van der Waals surface area contributed by atoms with Crippen molar-refractivity contribution in [1.29, 1.82) is 0 Å². The van der Waals surface area contributed by atoms with Gasteiger partial charge in [-0.3, -0.25) is 9.69 Å². The smallest absolute Gasteiger partial charge is 0.260 e. The van der Waals surface area contributed by atoms with Crippen LogP contribution in [-0.4, -0.2) is 63.9 Å². The van der Waals surface area contributed by atoms with Crippen molar-refractivity contribution in [3.05, 3.63) is 48.3 Å². The lowest BCUT2D eigenvalue weighted by Crippen LogP contribution is -2.54. The van der Waals surface area contributed by atoms with E-state index >= 15 is 4.39 Å². The summed E-state index contributed by atoms with van der Waals surface area (Å²) in [5.41, 5.74) is 5.67. The van der Waals surface area contributed by atoms with Gasteiger partial charge in [0.15, 0.2) is 5.67 Å². The number of halogens is 1. The van der Waals surface area contributed by atoms with Crippen LogP contribution in [-0.2, 0) is 11.3 Å². The number of hydrogen-bond acceptors (Lipinski definition) is 6. The Morgan fingerprint density at radius 2 is 1.80 bits per heavy atom. The number of benzene rings is 1. The lowest BCUT2D eigenvalue weighted by molar-refractivity contribution is -0.149. The number of amides is 1. The zero-order chi connectivity index (χ0) is 21.0. The van der Waals surface area contributed by atoms with Crippen LogP contribution in [0.5, 0.6) is 5.75 Å². The van der Waals surface area contributed by atoms with Crippen LogP contribution < -0.4 is 10.5 Å². The summed E-state index contributed by atoms with van der Waals surface area (Å²) in [6.07, 6.45) is 5.27. The number of carbonyl (C=O) groups excluding carboxylic acids is 1. The Labute approximate surface area is 176 Å². The zero-order valence-electron chi connectivity index (χ0n) is 17.0. The van der Waals surface area contributed by atoms with E-state index in [1.165, 1.54) is 0 Å². The highest BCUT2D eigenvalue weighted by Gasteiger charge is 2.44. The summed E-state index contributed by atoms with van der Waals surface area (Å²) in [6.45, 7) is 2.86. The van der Waals surface area contributed by atoms with E-state index in [-0.39, 0.29) is 24.9 Å². The van der Waals surface area contributed by atoms with Gasteiger partial charge in [0.05, 0.1) is 6.20 Å². The largest absolute Gasteiger partial charge is 0.490 e. The summed E-state index contributed by atoms with van der Waals surface area (Å²) in [6, 6.07) is 9.21. The summed E-state index contributed by atoms with van der Waals surface area (Å²) in [7, 11) is 0. The number of piperidine rings is 2. The summed E-state index contributed by atoms with van der Waals surface area (Å²) >= 11 is 0. The molecular formula is C22H28FN5O2. The first-order chi connectivity index (χ1) is 14.5. The molecule has 3 heterocycles. The standard InChI is InChI=1S/C22H28FN5O2/c23-22(8-13-27(14-9-22)16-17-5-10-25-26-15-17)21(29)28-11-6-20(7-12-28)30-19-3-1-18(24)2-4-19/h1-5,10,15,20H,6-9,11-14,16,24H2. The first kappa shape index (κ1) is 20.5. The third-order valence-electron chi connectivity index (χ3n) is 6.00. The number of likely N-dealkylation sites (tertiary alicyclic amines) is 2. The monoisotopic (exact) mass is 413 g/mol. The molecule has 4 rings (SSSR count). The van der Waals surface area contributed by atoms with Gasteiger partial charge in [-0.15, -0.1) is 0 Å². The van der Waals surface area contributed by atoms with Crippen LogP contribution >= 0.6 is 0 Å². The Morgan fingerprint density at radius 3 is 2.43 bits per heavy atom. The van der Waals surface area contributed by atoms with E-state index in [0.717, 1.165) is 11.3 Å². The highest BCUT2D eigenvalue weighted by Crippen LogP contribution is 2.31. The molecule has 2 aromatic rings. The third-order valence-corrected chi connectivity index (χ3v) is 6.00. The minimum atomic E-state index is -1.77. The van der Waals surface area contributed by atoms with Gasteiger partial charge in [-0.1, -0.05) is 0 Å². The quantitative estimate of drug-likeness (QED) is 0.758. The van der Waals surface area contributed by atoms with Crippen molar-refractivity contribution in [2.75, 3.05) is 31.9 Å². The number of ether oxygens (including phenoxy) is 1. The first-order valence-electron chi connectivity index (χ1n) is 10.5. The van der Waals surface area contributed by atoms with Gasteiger partial charge >= 0.3 is 0 Å². The number of alkyl halides is 1. The fourth-order valence-corrected chi connectivity index (χ4v) is 4.15. The number of nitrogens with zero attached hydrogens (tertiary/aromatic N) is 4. The van der Waals surface area contributed by atoms with Crippen LogP contribution in [0.25, 0.3) is 0 Å². The van der Waals surface area contributed by atoms with Crippen LogP contribution in [0.15, 0.2) is 42.7 Å². The lowest BCUT2D eigenvalue weighted by atomic mass is 9.90. The molecule has 2 aliphatic rings. The Kier molecular flexibility index (Phi) is 6.13. The summed E-state index contributed by atoms with van der Waals surface area (Å²) in [4.78, 5) is 16.7. The van der Waals surface area contributed by atoms with E-state index in [4.69, 9.17) is 10.5 Å². The average Bonchev–Trinajstić information content (AvgIpc) is 2.78. The Morgan fingerprint density at radius 1 is 1.10 bits per heavy atom. The molecule has 0 bridgehead atoms. The molecule has 30 heavy (non-hydrogen) atoms. The Balaban J connectivity index is 1.25. The second-order valence-corrected chi connectivity index (χ2v) is 8.17. The minimum Gasteiger partial charge on any atom is -0.490 e. The molecule has 0 spiro atoms. The lowest BCUT2D eigenvalue weighted by Gasteiger charge is -2.40. The van der Waals surface area contributed by atoms with Gasteiger partial charge < -0.3 is 15.4 Å². The number of nitrogens with two attached hydrogens (primary N) is 1. The van der Waals surface area contributed by atoms with E-state index < -0.39 is 5.67 Å². The molecular weight excluding hydrogens is 385 g/mol. The maximum absolute atomic E-state index is 15.5. The molecule has 1 aromatic carbocycles. The van der Waals surface area contributed by atoms with Gasteiger partial charge in [-0.25, -0.2) is 4.39 Å². The Hall–Kier alpha value is -2.74. The molecule has 7 nitrogen and oxygen atoms in total. The number of carbonyl (C=O) groups is 1. The van der Waals surface area contributed by atoms with Crippen LogP contribution in [0, 0.1) is 0 Å². The maximum atomic E-state index is 15.5. The minimum absolute atomic E-state index is 0.0315. The fraction of sp³-hybridized carbons (Fsp3) is 0.500. The molecule has 8 heteroatoms. The SMILES string of the molecule is Nc1ccc(OC2CCN(C(=O)C3(F)CCN(Cc4ccnnc4)CC3)CC2)cc1. The van der Waals surface area contributed by atoms with E-state index in [1.807, 2.05) is 18.2 Å². The molecule has 2 fully saturated rings. The van der Waals surface area contributed by atoms with Gasteiger partial charge in [0.1, 0.15) is 11.9 Å². The molecule has 0 unspecified atom stereocenters. The van der Waals surface area contributed by atoms with Crippen molar-refractivity contribution >= 4 is 11.6 Å². The third kappa shape index (κ3) is 4.87. The molecule has 2 N–H and O–H groups in total. The molecule has 0 radical (unpaired) electrons. The van der Waals surface area contributed by atoms with E-state index in [9.17, 15) is 4.79 Å². The van der Waals surface area contributed by atoms with Gasteiger partial charge in [0.25, 0.3) is 5.91 Å². The molecule has 0 saturated carbocycles. The van der Waals surface area contributed by atoms with Crippen molar-refractivity contribution in [1.82, 2.24) is 20.0 Å². The number of hydrogen-bond donors (Lipinski definition) is 1. The predicted molar refractivity (Wildman–Crippen MR) is 111 cm³/mol. The zero-order valence-corrected chi connectivity index (χ0v) is 17.0. The summed E-state index contributed by atoms with van der Waals surface area (Å²) < 4.78 is 21.4. The van der Waals surface area contributed by atoms with Gasteiger partial charge in [0.2, 0.25) is 0 Å². The molecule has 0 atom stereocenters. The second kappa shape index (κ2) is 8.95. The van der Waals surface area contributed by atoms with Gasteiger partial charge in [-0.2, -0.15) is 10.2 Å². The molecule has 0 aliphatic carbocycles. The van der Waals surface area contributed by atoms with Crippen LogP contribution in [0.4, 0.5) is 10.1 Å². The number of anilines is 1. The van der Waals surface area contributed by atoms with Crippen LogP contribution in [0.2, 0.25) is 0 Å². The molecule has 2 aliphatic heterocycles. The van der Waals surface area contributed by atoms with Crippen molar-refractivity contribution in [2.45, 2.75) is 44.0 Å². The maximum Gasteiger partial charge on any atom is 0.260 e. The summed E-state index contributed by atoms with van der Waals surface area (Å²) in [5, 5.41) is 7.65. The molecule has 1 aromatic heterocycles. The van der Waals surface area contributed by atoms with Crippen molar-refractivity contribution in [2.24, 2.45) is 0 Å². The number of nitrogen functional groups attached to an aromatic ring is 1. The van der Waals surface area contributed by atoms with E-state index in [0.29, 0.717) is 51.3 Å². The second-order valence-electron chi connectivity index (χ2n) is 8.17. The van der Waals surface area contributed by atoms with Crippen LogP contribution in [0.1, 0.15) is 31.2 Å². The first-order valence-corrected chi connectivity index (χ1v) is 10.5. The highest BCUT2D eigenvalue weighted by atomic mass is 19.1. The van der Waals surface area contributed by atoms with E-state index in [2.05, 4.69) is 15.1 Å². The van der Waals surface area contributed by atoms with Crippen molar-refractivity contribution in [3.63, 3.8) is 0 Å². The number of aromatic nitrogens is 2. The van der Waals surface area contributed by atoms with Crippen molar-refractivity contribution < 1.29 is 13.9 Å². The topological polar surface area (TPSA) is 84.6 Å². The average molecular weight is 413 g/mol. The Bertz CT molecular complexity index is 832. The molecule has 2 saturated heterocycles. The normalized spacial score (nSPS) is 20.1. The molecule has 1 amide bonds. The molecule has 160 valence electrons. The number of rotatable bonds is 5. The van der Waals surface area contributed by atoms with E-state index in [1.54, 1.807) is 29.4 Å². The van der Waals surface area contributed by atoms with Crippen LogP contribution in [0.3, 0.4) is 0 Å². The summed E-state index contributed by atoms with van der Waals surface area (Å²) in [5.74, 6) is 0.409. The fourth-order valence-electron chi connectivity index (χ4n) is 4.15. The van der Waals surface area contributed by atoms with Crippen molar-refractivity contribution in [3.8, 4) is 5.75 Å². The van der Waals surface area contributed by atoms with Gasteiger partial charge in [0, 0.05) is 70.3 Å². The highest BCUT2D eigenvalue weighted by molar-refractivity contribution is 5.85.